The molecule has 0 heterocycles. The normalized spacial score (nSPS) is 14.0. The van der Waals surface area contributed by atoms with Gasteiger partial charge in [0.1, 0.15) is 0 Å². The van der Waals surface area contributed by atoms with Gasteiger partial charge in [-0.2, -0.15) is 8.42 Å². The van der Waals surface area contributed by atoms with E-state index in [1.807, 2.05) is 0 Å². The topological polar surface area (TPSA) is 109 Å². The molecule has 7 heteroatoms. The van der Waals surface area contributed by atoms with Crippen molar-refractivity contribution in [2.45, 2.75) is 19.4 Å². The Hall–Kier alpha value is -0.660. The van der Waals surface area contributed by atoms with Gasteiger partial charge in [-0.15, -0.1) is 0 Å². The summed E-state index contributed by atoms with van der Waals surface area (Å²) in [6.45, 7) is 1.90. The Morgan fingerprint density at radius 2 is 2.15 bits per heavy atom. The highest BCUT2D eigenvalue weighted by Gasteiger charge is 2.08. The van der Waals surface area contributed by atoms with Gasteiger partial charge in [0.25, 0.3) is 10.1 Å². The number of rotatable bonds is 6. The van der Waals surface area contributed by atoms with Crippen molar-refractivity contribution in [3.05, 3.63) is 0 Å². The van der Waals surface area contributed by atoms with Gasteiger partial charge in [0.05, 0.1) is 11.8 Å². The SMILES string of the molecule is C[C@H](NCCCS(=O)(=O)O)C(N)=O. The number of nitrogens with two attached hydrogens (primary N) is 1. The lowest BCUT2D eigenvalue weighted by Crippen LogP contribution is -2.39. The molecule has 0 aliphatic carbocycles. The van der Waals surface area contributed by atoms with Crippen LogP contribution in [0.1, 0.15) is 13.3 Å². The lowest BCUT2D eigenvalue weighted by atomic mass is 10.3. The quantitative estimate of drug-likeness (QED) is 0.374. The fraction of sp³-hybridized carbons (Fsp3) is 0.833. The van der Waals surface area contributed by atoms with Gasteiger partial charge < -0.3 is 11.1 Å². The molecule has 0 aliphatic rings. The number of primary amides is 1. The molecule has 0 saturated heterocycles. The Morgan fingerprint density at radius 3 is 2.54 bits per heavy atom. The zero-order valence-corrected chi connectivity index (χ0v) is 8.17. The van der Waals surface area contributed by atoms with Crippen molar-refractivity contribution in [1.29, 1.82) is 0 Å². The Kier molecular flexibility index (Phi) is 4.89. The van der Waals surface area contributed by atoms with E-state index in [2.05, 4.69) is 5.32 Å². The Balaban J connectivity index is 3.53. The summed E-state index contributed by atoms with van der Waals surface area (Å²) in [6.07, 6.45) is 0.246. The van der Waals surface area contributed by atoms with Crippen LogP contribution in [-0.4, -0.2) is 37.2 Å². The zero-order valence-electron chi connectivity index (χ0n) is 7.36. The van der Waals surface area contributed by atoms with Crippen molar-refractivity contribution in [3.63, 3.8) is 0 Å². The fourth-order valence-electron chi connectivity index (χ4n) is 0.674. The molecule has 6 nitrogen and oxygen atoms in total. The molecule has 78 valence electrons. The van der Waals surface area contributed by atoms with Gasteiger partial charge in [-0.1, -0.05) is 0 Å². The van der Waals surface area contributed by atoms with Crippen LogP contribution in [0.2, 0.25) is 0 Å². The van der Waals surface area contributed by atoms with E-state index in [1.165, 1.54) is 0 Å². The molecule has 0 aromatic carbocycles. The minimum absolute atomic E-state index is 0.246. The van der Waals surface area contributed by atoms with Crippen LogP contribution in [0, 0.1) is 0 Å². The van der Waals surface area contributed by atoms with Crippen molar-refractivity contribution in [2.75, 3.05) is 12.3 Å². The van der Waals surface area contributed by atoms with Crippen LogP contribution in [0.25, 0.3) is 0 Å². The molecule has 0 rings (SSSR count). The monoisotopic (exact) mass is 210 g/mol. The molecule has 0 aliphatic heterocycles. The first kappa shape index (κ1) is 12.3. The predicted octanol–water partition coefficient (Wildman–Crippen LogP) is -1.27. The summed E-state index contributed by atoms with van der Waals surface area (Å²) in [5.74, 6) is -0.808. The maximum Gasteiger partial charge on any atom is 0.264 e. The van der Waals surface area contributed by atoms with Crippen LogP contribution in [0.15, 0.2) is 0 Å². The Bertz CT molecular complexity index is 262. The van der Waals surface area contributed by atoms with Crippen LogP contribution in [-0.2, 0) is 14.9 Å². The van der Waals surface area contributed by atoms with Crippen LogP contribution < -0.4 is 11.1 Å². The lowest BCUT2D eigenvalue weighted by Gasteiger charge is -2.08. The van der Waals surface area contributed by atoms with Gasteiger partial charge in [0, 0.05) is 0 Å². The maximum absolute atomic E-state index is 10.5. The average Bonchev–Trinajstić information content (AvgIpc) is 1.95. The molecule has 0 bridgehead atoms. The second-order valence-corrected chi connectivity index (χ2v) is 4.29. The van der Waals surface area contributed by atoms with Crippen LogP contribution in [0.3, 0.4) is 0 Å². The predicted molar refractivity (Wildman–Crippen MR) is 47.7 cm³/mol. The molecule has 0 unspecified atom stereocenters. The van der Waals surface area contributed by atoms with Crippen molar-refractivity contribution >= 4 is 16.0 Å². The van der Waals surface area contributed by atoms with E-state index in [0.29, 0.717) is 6.54 Å². The molecular formula is C6H14N2O4S. The van der Waals surface area contributed by atoms with E-state index in [4.69, 9.17) is 10.3 Å². The van der Waals surface area contributed by atoms with Gasteiger partial charge in [-0.3, -0.25) is 9.35 Å². The Morgan fingerprint density at radius 1 is 1.62 bits per heavy atom. The minimum atomic E-state index is -3.90. The fourth-order valence-corrected chi connectivity index (χ4v) is 1.18. The standard InChI is InChI=1S/C6H14N2O4S/c1-5(6(7)9)8-3-2-4-13(10,11)12/h5,8H,2-4H2,1H3,(H2,7,9)(H,10,11,12)/t5-/m0/s1. The number of hydrogen-bond donors (Lipinski definition) is 3. The first-order valence-electron chi connectivity index (χ1n) is 3.81. The summed E-state index contributed by atoms with van der Waals surface area (Å²) in [5.41, 5.74) is 4.93. The van der Waals surface area contributed by atoms with Crippen molar-refractivity contribution in [3.8, 4) is 0 Å². The summed E-state index contributed by atoms with van der Waals surface area (Å²) in [4.78, 5) is 10.5. The van der Waals surface area contributed by atoms with E-state index >= 15 is 0 Å². The summed E-state index contributed by atoms with van der Waals surface area (Å²) in [5, 5.41) is 2.70. The maximum atomic E-state index is 10.5. The number of amides is 1. The van der Waals surface area contributed by atoms with Gasteiger partial charge in [0.2, 0.25) is 5.91 Å². The van der Waals surface area contributed by atoms with Gasteiger partial charge >= 0.3 is 0 Å². The second kappa shape index (κ2) is 5.15. The summed E-state index contributed by atoms with van der Waals surface area (Å²) >= 11 is 0. The number of carbonyl (C=O) groups is 1. The molecule has 0 radical (unpaired) electrons. The minimum Gasteiger partial charge on any atom is -0.368 e. The third-order valence-corrected chi connectivity index (χ3v) is 2.26. The van der Waals surface area contributed by atoms with Crippen molar-refractivity contribution in [1.82, 2.24) is 5.32 Å². The molecule has 0 aromatic rings. The summed E-state index contributed by atoms with van der Waals surface area (Å²) < 4.78 is 28.8. The first-order valence-corrected chi connectivity index (χ1v) is 5.41. The molecule has 0 spiro atoms. The van der Waals surface area contributed by atoms with E-state index in [9.17, 15) is 13.2 Å². The van der Waals surface area contributed by atoms with Gasteiger partial charge in [-0.05, 0) is 19.9 Å². The van der Waals surface area contributed by atoms with E-state index < -0.39 is 22.1 Å². The molecule has 1 amide bonds. The number of nitrogens with one attached hydrogen (secondary N) is 1. The molecule has 13 heavy (non-hydrogen) atoms. The van der Waals surface area contributed by atoms with Crippen LogP contribution in [0.5, 0.6) is 0 Å². The van der Waals surface area contributed by atoms with E-state index in [0.717, 1.165) is 0 Å². The third-order valence-electron chi connectivity index (χ3n) is 1.46. The highest BCUT2D eigenvalue weighted by Crippen LogP contribution is 1.87. The highest BCUT2D eigenvalue weighted by atomic mass is 32.2. The molecular weight excluding hydrogens is 196 g/mol. The largest absolute Gasteiger partial charge is 0.368 e. The molecule has 1 atom stereocenters. The average molecular weight is 210 g/mol. The number of carbonyl (C=O) groups excluding carboxylic acids is 1. The highest BCUT2D eigenvalue weighted by molar-refractivity contribution is 7.85. The summed E-state index contributed by atoms with van der Waals surface area (Å²) in [6, 6.07) is -0.485. The summed E-state index contributed by atoms with van der Waals surface area (Å²) in [7, 11) is -3.90. The molecule has 4 N–H and O–H groups in total. The van der Waals surface area contributed by atoms with Crippen LogP contribution >= 0.6 is 0 Å². The van der Waals surface area contributed by atoms with Crippen LogP contribution in [0.4, 0.5) is 0 Å². The molecule has 0 aromatic heterocycles. The number of hydrogen-bond acceptors (Lipinski definition) is 4. The lowest BCUT2D eigenvalue weighted by molar-refractivity contribution is -0.119. The second-order valence-electron chi connectivity index (χ2n) is 2.72. The first-order chi connectivity index (χ1) is 5.83. The van der Waals surface area contributed by atoms with Crippen molar-refractivity contribution < 1.29 is 17.8 Å². The Labute approximate surface area is 77.2 Å². The molecule has 0 saturated carbocycles. The van der Waals surface area contributed by atoms with E-state index in [-0.39, 0.29) is 12.2 Å². The zero-order chi connectivity index (χ0) is 10.5. The third kappa shape index (κ3) is 7.69. The smallest absolute Gasteiger partial charge is 0.264 e. The molecule has 0 fully saturated rings. The van der Waals surface area contributed by atoms with Gasteiger partial charge in [0.15, 0.2) is 0 Å². The van der Waals surface area contributed by atoms with E-state index in [1.54, 1.807) is 6.92 Å². The van der Waals surface area contributed by atoms with Gasteiger partial charge in [-0.25, -0.2) is 0 Å². The van der Waals surface area contributed by atoms with Crippen molar-refractivity contribution in [2.24, 2.45) is 5.73 Å².